The van der Waals surface area contributed by atoms with Crippen molar-refractivity contribution in [3.63, 3.8) is 0 Å². The molecule has 4 N–H and O–H groups in total. The quantitative estimate of drug-likeness (QED) is 0.0759. The third kappa shape index (κ3) is 19.4. The van der Waals surface area contributed by atoms with Gasteiger partial charge in [-0.1, -0.05) is 27.7 Å². The predicted octanol–water partition coefficient (Wildman–Crippen LogP) is 2.91. The molecule has 4 unspecified atom stereocenters. The van der Waals surface area contributed by atoms with Crippen LogP contribution in [0.1, 0.15) is 47.0 Å². The van der Waals surface area contributed by atoms with Gasteiger partial charge in [0.2, 0.25) is 23.6 Å². The van der Waals surface area contributed by atoms with Crippen LogP contribution < -0.4 is 21.3 Å². The van der Waals surface area contributed by atoms with E-state index in [2.05, 4.69) is 21.3 Å². The Morgan fingerprint density at radius 1 is 0.523 bits per heavy atom. The van der Waals surface area contributed by atoms with Gasteiger partial charge in [-0.15, -0.1) is 46.4 Å². The van der Waals surface area contributed by atoms with Crippen molar-refractivity contribution in [1.29, 1.82) is 0 Å². The lowest BCUT2D eigenvalue weighted by Crippen LogP contribution is -2.59. The van der Waals surface area contributed by atoms with Gasteiger partial charge in [-0.25, -0.2) is 0 Å². The topological polar surface area (TPSA) is 144 Å². The van der Waals surface area contributed by atoms with Crippen molar-refractivity contribution in [2.45, 2.75) is 52.5 Å². The number of carbonyl (C=O) groups excluding carboxylic acids is 4. The Hall–Kier alpha value is -1.08. The molecule has 0 aliphatic rings. The van der Waals surface area contributed by atoms with Gasteiger partial charge >= 0.3 is 0 Å². The van der Waals surface area contributed by atoms with Gasteiger partial charge < -0.3 is 35.5 Å². The van der Waals surface area contributed by atoms with Crippen molar-refractivity contribution >= 4 is 70.0 Å². The van der Waals surface area contributed by atoms with E-state index in [1.165, 1.54) is 0 Å². The number of hydrogen-bond donors (Lipinski definition) is 4. The van der Waals surface area contributed by atoms with E-state index in [-0.39, 0.29) is 84.7 Å². The summed E-state index contributed by atoms with van der Waals surface area (Å²) in [6.45, 7) is 9.38. The monoisotopic (exact) mass is 708 g/mol. The first-order valence-electron chi connectivity index (χ1n) is 15.1. The highest BCUT2D eigenvalue weighted by atomic mass is 35.5. The Labute approximate surface area is 282 Å². The molecule has 0 heterocycles. The van der Waals surface area contributed by atoms with Gasteiger partial charge in [-0.2, -0.15) is 0 Å². The number of alkyl halides is 4. The highest BCUT2D eigenvalue weighted by Crippen LogP contribution is 2.13. The number of hydrogen-bond acceptors (Lipinski definition) is 7. The fourth-order valence-electron chi connectivity index (χ4n) is 3.38. The number of ether oxygens (including phenoxy) is 3. The van der Waals surface area contributed by atoms with Crippen molar-refractivity contribution in [2.75, 3.05) is 82.8 Å². The van der Waals surface area contributed by atoms with Crippen molar-refractivity contribution in [3.05, 3.63) is 0 Å². The van der Waals surface area contributed by atoms with Crippen LogP contribution in [0.5, 0.6) is 0 Å². The molecule has 0 saturated carbocycles. The SMILES string of the molecule is CC(CCl)C(=O)NCCCOCC(COCCCNC(=O)C(C)CCl)(COCCCNC(=O)C(C)CCl)NC(=O)C(C)CCl. The second kappa shape index (κ2) is 26.0. The zero-order valence-electron chi connectivity index (χ0n) is 26.5. The summed E-state index contributed by atoms with van der Waals surface area (Å²) < 4.78 is 17.9. The normalized spacial score (nSPS) is 15.4. The fraction of sp³-hybridized carbons (Fsp3) is 0.862. The number of carbonyl (C=O) groups is 4. The molecule has 4 atom stereocenters. The fourth-order valence-corrected chi connectivity index (χ4v) is 3.94. The van der Waals surface area contributed by atoms with Crippen LogP contribution in [0.15, 0.2) is 0 Å². The summed E-state index contributed by atoms with van der Waals surface area (Å²) in [6.07, 6.45) is 1.64. The minimum atomic E-state index is -1.04. The van der Waals surface area contributed by atoms with Crippen molar-refractivity contribution < 1.29 is 33.4 Å². The second-order valence-corrected chi connectivity index (χ2v) is 12.3. The molecule has 0 saturated heterocycles. The molecule has 0 radical (unpaired) electrons. The van der Waals surface area contributed by atoms with E-state index in [4.69, 9.17) is 60.6 Å². The third-order valence-electron chi connectivity index (χ3n) is 6.53. The summed E-state index contributed by atoms with van der Waals surface area (Å²) in [5, 5.41) is 11.5. The summed E-state index contributed by atoms with van der Waals surface area (Å²) in [7, 11) is 0. The van der Waals surface area contributed by atoms with Crippen molar-refractivity contribution in [2.24, 2.45) is 23.7 Å². The highest BCUT2D eigenvalue weighted by Gasteiger charge is 2.35. The predicted molar refractivity (Wildman–Crippen MR) is 176 cm³/mol. The zero-order valence-corrected chi connectivity index (χ0v) is 29.5. The Morgan fingerprint density at radius 2 is 0.795 bits per heavy atom. The zero-order chi connectivity index (χ0) is 33.4. The van der Waals surface area contributed by atoms with E-state index < -0.39 is 11.5 Å². The van der Waals surface area contributed by atoms with Gasteiger partial charge in [0.1, 0.15) is 5.54 Å². The molecular formula is C29H52Cl4N4O7. The van der Waals surface area contributed by atoms with Crippen molar-refractivity contribution in [1.82, 2.24) is 21.3 Å². The maximum Gasteiger partial charge on any atom is 0.224 e. The Kier molecular flexibility index (Phi) is 25.4. The van der Waals surface area contributed by atoms with Crippen molar-refractivity contribution in [3.8, 4) is 0 Å². The van der Waals surface area contributed by atoms with E-state index >= 15 is 0 Å². The molecule has 258 valence electrons. The third-order valence-corrected chi connectivity index (χ3v) is 8.39. The summed E-state index contributed by atoms with van der Waals surface area (Å²) in [5.74, 6) is -1.12. The maximum atomic E-state index is 13.0. The summed E-state index contributed by atoms with van der Waals surface area (Å²) in [5.41, 5.74) is -1.04. The molecular weight excluding hydrogens is 658 g/mol. The van der Waals surface area contributed by atoms with Crippen LogP contribution in [0.3, 0.4) is 0 Å². The standard InChI is InChI=1S/C29H52Cl4N4O7/c1-21(14-30)25(38)34-8-5-11-42-18-29(37-28(41)24(4)17-33,19-43-12-6-9-35-26(39)22(2)15-31)20-44-13-7-10-36-27(40)23(3)16-32/h21-24H,5-20H2,1-4H3,(H,34,38)(H,35,39)(H,36,40)(H,37,41). The lowest BCUT2D eigenvalue weighted by Gasteiger charge is -2.35. The number of rotatable bonds is 27. The minimum Gasteiger partial charge on any atom is -0.379 e. The first-order valence-corrected chi connectivity index (χ1v) is 17.2. The van der Waals surface area contributed by atoms with Crippen LogP contribution in [-0.2, 0) is 33.4 Å². The summed E-state index contributed by atoms with van der Waals surface area (Å²) in [6, 6.07) is 0. The van der Waals surface area contributed by atoms with Gasteiger partial charge in [0.25, 0.3) is 0 Å². The number of amides is 4. The molecule has 0 aliphatic carbocycles. The van der Waals surface area contributed by atoms with Crippen LogP contribution in [0, 0.1) is 23.7 Å². The molecule has 0 rings (SSSR count). The van der Waals surface area contributed by atoms with Crippen LogP contribution in [0.4, 0.5) is 0 Å². The van der Waals surface area contributed by atoms with E-state index in [1.54, 1.807) is 27.7 Å². The molecule has 44 heavy (non-hydrogen) atoms. The molecule has 4 amide bonds. The molecule has 11 nitrogen and oxygen atoms in total. The van der Waals surface area contributed by atoms with Crippen LogP contribution >= 0.6 is 46.4 Å². The summed E-state index contributed by atoms with van der Waals surface area (Å²) in [4.78, 5) is 48.8. The van der Waals surface area contributed by atoms with Gasteiger partial charge in [-0.05, 0) is 19.3 Å². The van der Waals surface area contributed by atoms with Gasteiger partial charge in [-0.3, -0.25) is 19.2 Å². The Morgan fingerprint density at radius 3 is 1.07 bits per heavy atom. The molecule has 0 aromatic rings. The first-order chi connectivity index (χ1) is 21.0. The minimum absolute atomic E-state index is 0.0771. The Bertz CT molecular complexity index is 745. The molecule has 0 fully saturated rings. The van der Waals surface area contributed by atoms with E-state index in [9.17, 15) is 19.2 Å². The first kappa shape index (κ1) is 42.9. The molecule has 0 bridgehead atoms. The van der Waals surface area contributed by atoms with E-state index in [0.29, 0.717) is 58.7 Å². The van der Waals surface area contributed by atoms with Gasteiger partial charge in [0, 0.05) is 86.6 Å². The highest BCUT2D eigenvalue weighted by molar-refractivity contribution is 6.20. The molecule has 0 aromatic carbocycles. The summed E-state index contributed by atoms with van der Waals surface area (Å²) >= 11 is 23.2. The molecule has 0 aromatic heterocycles. The lowest BCUT2D eigenvalue weighted by atomic mass is 10.0. The van der Waals surface area contributed by atoms with Gasteiger partial charge in [0.15, 0.2) is 0 Å². The smallest absolute Gasteiger partial charge is 0.224 e. The average Bonchev–Trinajstić information content (AvgIpc) is 3.03. The number of nitrogens with one attached hydrogen (secondary N) is 4. The largest absolute Gasteiger partial charge is 0.379 e. The van der Waals surface area contributed by atoms with Crippen LogP contribution in [0.2, 0.25) is 0 Å². The molecule has 0 aliphatic heterocycles. The van der Waals surface area contributed by atoms with Gasteiger partial charge in [0.05, 0.1) is 19.8 Å². The molecule has 15 heteroatoms. The average molecular weight is 711 g/mol. The maximum absolute atomic E-state index is 13.0. The van der Waals surface area contributed by atoms with E-state index in [1.807, 2.05) is 0 Å². The van der Waals surface area contributed by atoms with Crippen LogP contribution in [-0.4, -0.2) is 112 Å². The lowest BCUT2D eigenvalue weighted by molar-refractivity contribution is -0.131. The van der Waals surface area contributed by atoms with E-state index in [0.717, 1.165) is 0 Å². The second-order valence-electron chi connectivity index (χ2n) is 11.1. The number of halogens is 4. The Balaban J connectivity index is 5.25. The molecule has 0 spiro atoms. The van der Waals surface area contributed by atoms with Crippen LogP contribution in [0.25, 0.3) is 0 Å².